The summed E-state index contributed by atoms with van der Waals surface area (Å²) in [5.74, 6) is 0. The Bertz CT molecular complexity index is 342. The number of likely N-dealkylation sites (N-methyl/N-ethyl adjacent to an activating group) is 1. The molecule has 16 heavy (non-hydrogen) atoms. The van der Waals surface area contributed by atoms with Gasteiger partial charge in [-0.1, -0.05) is 0 Å². The maximum atomic E-state index is 5.86. The van der Waals surface area contributed by atoms with Crippen molar-refractivity contribution in [2.24, 2.45) is 0 Å². The van der Waals surface area contributed by atoms with E-state index >= 15 is 0 Å². The molecular weight excluding hydrogens is 218 g/mol. The van der Waals surface area contributed by atoms with E-state index in [1.807, 2.05) is 6.07 Å². The maximum absolute atomic E-state index is 5.86. The maximum Gasteiger partial charge on any atom is 0.0468 e. The highest BCUT2D eigenvalue weighted by atomic mass is 32.1. The summed E-state index contributed by atoms with van der Waals surface area (Å²) in [4.78, 5) is 3.62. The van der Waals surface area contributed by atoms with Crippen LogP contribution in [-0.2, 0) is 6.54 Å². The van der Waals surface area contributed by atoms with Crippen LogP contribution in [0.25, 0.3) is 0 Å². The second-order valence-corrected chi connectivity index (χ2v) is 5.88. The average Bonchev–Trinajstić information content (AvgIpc) is 2.55. The predicted molar refractivity (Wildman–Crippen MR) is 70.7 cm³/mol. The van der Waals surface area contributed by atoms with E-state index < -0.39 is 0 Å². The zero-order valence-electron chi connectivity index (χ0n) is 10.1. The molecule has 1 saturated carbocycles. The van der Waals surface area contributed by atoms with Gasteiger partial charge >= 0.3 is 0 Å². The number of anilines is 1. The molecule has 1 fully saturated rings. The lowest BCUT2D eigenvalue weighted by Gasteiger charge is -2.47. The van der Waals surface area contributed by atoms with E-state index in [1.165, 1.54) is 24.1 Å². The molecule has 0 saturated heterocycles. The van der Waals surface area contributed by atoms with Gasteiger partial charge in [0, 0.05) is 29.2 Å². The quantitative estimate of drug-likeness (QED) is 0.824. The summed E-state index contributed by atoms with van der Waals surface area (Å²) < 4.78 is 0. The number of nitrogens with one attached hydrogen (secondary N) is 1. The lowest BCUT2D eigenvalue weighted by Crippen LogP contribution is -2.56. The predicted octanol–water partition coefficient (Wildman–Crippen LogP) is 1.90. The molecule has 4 heteroatoms. The Morgan fingerprint density at radius 2 is 2.25 bits per heavy atom. The lowest BCUT2D eigenvalue weighted by molar-refractivity contribution is 0.0599. The second-order valence-electron chi connectivity index (χ2n) is 4.87. The van der Waals surface area contributed by atoms with Gasteiger partial charge in [-0.05, 0) is 44.8 Å². The third kappa shape index (κ3) is 2.24. The number of nitrogens with two attached hydrogens (primary N) is 1. The summed E-state index contributed by atoms with van der Waals surface area (Å²) in [7, 11) is 4.36. The fourth-order valence-electron chi connectivity index (χ4n) is 2.27. The number of hydrogen-bond donors (Lipinski definition) is 2. The second kappa shape index (κ2) is 4.73. The number of nitrogen functional groups attached to an aromatic ring is 1. The molecule has 0 bridgehead atoms. The van der Waals surface area contributed by atoms with Crippen molar-refractivity contribution in [2.45, 2.75) is 31.3 Å². The highest BCUT2D eigenvalue weighted by Gasteiger charge is 2.38. The largest absolute Gasteiger partial charge is 0.398 e. The van der Waals surface area contributed by atoms with E-state index in [4.69, 9.17) is 5.73 Å². The van der Waals surface area contributed by atoms with E-state index in [2.05, 4.69) is 29.7 Å². The molecular formula is C12H21N3S. The van der Waals surface area contributed by atoms with Crippen molar-refractivity contribution in [3.63, 3.8) is 0 Å². The molecule has 3 N–H and O–H groups in total. The first-order chi connectivity index (χ1) is 7.64. The topological polar surface area (TPSA) is 41.3 Å². The third-order valence-corrected chi connectivity index (χ3v) is 4.69. The number of hydrogen-bond acceptors (Lipinski definition) is 4. The Labute approximate surface area is 102 Å². The van der Waals surface area contributed by atoms with Gasteiger partial charge in [0.25, 0.3) is 0 Å². The third-order valence-electron chi connectivity index (χ3n) is 3.75. The number of rotatable bonds is 5. The summed E-state index contributed by atoms with van der Waals surface area (Å²) in [5, 5.41) is 5.59. The molecule has 0 unspecified atom stereocenters. The summed E-state index contributed by atoms with van der Waals surface area (Å²) >= 11 is 1.73. The van der Waals surface area contributed by atoms with Crippen LogP contribution < -0.4 is 11.1 Å². The molecule has 0 spiro atoms. The van der Waals surface area contributed by atoms with Gasteiger partial charge in [0.2, 0.25) is 0 Å². The number of nitrogens with zero attached hydrogens (tertiary/aromatic N) is 1. The summed E-state index contributed by atoms with van der Waals surface area (Å²) in [5.41, 5.74) is 7.17. The molecule has 0 aromatic carbocycles. The molecule has 1 aliphatic rings. The van der Waals surface area contributed by atoms with E-state index in [1.54, 1.807) is 11.3 Å². The molecule has 1 aromatic heterocycles. The monoisotopic (exact) mass is 239 g/mol. The Morgan fingerprint density at radius 3 is 2.69 bits per heavy atom. The fraction of sp³-hybridized carbons (Fsp3) is 0.667. The minimum absolute atomic E-state index is 0.395. The van der Waals surface area contributed by atoms with Gasteiger partial charge < -0.3 is 16.0 Å². The van der Waals surface area contributed by atoms with Crippen LogP contribution in [0.1, 0.15) is 24.1 Å². The summed E-state index contributed by atoms with van der Waals surface area (Å²) in [6.45, 7) is 1.97. The minimum atomic E-state index is 0.395. The van der Waals surface area contributed by atoms with Gasteiger partial charge in [0.05, 0.1) is 0 Å². The van der Waals surface area contributed by atoms with Crippen molar-refractivity contribution in [1.29, 1.82) is 0 Å². The smallest absolute Gasteiger partial charge is 0.0468 e. The van der Waals surface area contributed by atoms with Gasteiger partial charge in [-0.2, -0.15) is 0 Å². The fourth-order valence-corrected chi connectivity index (χ4v) is 3.04. The Hall–Kier alpha value is -0.580. The first-order valence-electron chi connectivity index (χ1n) is 5.84. The van der Waals surface area contributed by atoms with Crippen LogP contribution in [0.3, 0.4) is 0 Å². The average molecular weight is 239 g/mol. The molecule has 1 aliphatic carbocycles. The lowest BCUT2D eigenvalue weighted by atomic mass is 9.75. The molecule has 1 aromatic rings. The van der Waals surface area contributed by atoms with Crippen molar-refractivity contribution in [3.8, 4) is 0 Å². The first kappa shape index (κ1) is 11.9. The zero-order chi connectivity index (χ0) is 11.6. The Kier molecular flexibility index (Phi) is 3.52. The highest BCUT2D eigenvalue weighted by Crippen LogP contribution is 2.35. The minimum Gasteiger partial charge on any atom is -0.398 e. The van der Waals surface area contributed by atoms with E-state index in [0.717, 1.165) is 18.8 Å². The molecule has 2 rings (SSSR count). The van der Waals surface area contributed by atoms with Crippen LogP contribution in [0.4, 0.5) is 5.69 Å². The SMILES string of the molecule is CN(C)C1(CNCc2sccc2N)CCC1. The van der Waals surface area contributed by atoms with Crippen molar-refractivity contribution in [1.82, 2.24) is 10.2 Å². The Balaban J connectivity index is 1.82. The molecule has 3 nitrogen and oxygen atoms in total. The number of thiophene rings is 1. The molecule has 0 radical (unpaired) electrons. The van der Waals surface area contributed by atoms with Crippen molar-refractivity contribution in [3.05, 3.63) is 16.3 Å². The van der Waals surface area contributed by atoms with Gasteiger partial charge in [0.15, 0.2) is 0 Å². The Morgan fingerprint density at radius 1 is 1.50 bits per heavy atom. The van der Waals surface area contributed by atoms with Crippen molar-refractivity contribution in [2.75, 3.05) is 26.4 Å². The van der Waals surface area contributed by atoms with Crippen LogP contribution >= 0.6 is 11.3 Å². The summed E-state index contributed by atoms with van der Waals surface area (Å²) in [6, 6.07) is 1.98. The van der Waals surface area contributed by atoms with Crippen molar-refractivity contribution < 1.29 is 0 Å². The first-order valence-corrected chi connectivity index (χ1v) is 6.72. The van der Waals surface area contributed by atoms with Gasteiger partial charge in [-0.15, -0.1) is 11.3 Å². The molecule has 0 amide bonds. The summed E-state index contributed by atoms with van der Waals surface area (Å²) in [6.07, 6.45) is 3.99. The molecule has 1 heterocycles. The standard InChI is InChI=1S/C12H21N3S/c1-15(2)12(5-3-6-12)9-14-8-11-10(13)4-7-16-11/h4,7,14H,3,5-6,8-9,13H2,1-2H3. The van der Waals surface area contributed by atoms with Gasteiger partial charge in [0.1, 0.15) is 0 Å². The van der Waals surface area contributed by atoms with Crippen LogP contribution in [0.5, 0.6) is 0 Å². The van der Waals surface area contributed by atoms with Gasteiger partial charge in [-0.25, -0.2) is 0 Å². The molecule has 0 atom stereocenters. The van der Waals surface area contributed by atoms with Gasteiger partial charge in [-0.3, -0.25) is 0 Å². The van der Waals surface area contributed by atoms with Crippen molar-refractivity contribution >= 4 is 17.0 Å². The van der Waals surface area contributed by atoms with E-state index in [0.29, 0.717) is 5.54 Å². The molecule has 0 aliphatic heterocycles. The zero-order valence-corrected chi connectivity index (χ0v) is 10.9. The highest BCUT2D eigenvalue weighted by molar-refractivity contribution is 7.10. The van der Waals surface area contributed by atoms with Crippen LogP contribution in [0.2, 0.25) is 0 Å². The van der Waals surface area contributed by atoms with E-state index in [9.17, 15) is 0 Å². The van der Waals surface area contributed by atoms with Crippen LogP contribution in [-0.4, -0.2) is 31.1 Å². The normalized spacial score (nSPS) is 18.7. The molecule has 90 valence electrons. The van der Waals surface area contributed by atoms with Crippen LogP contribution in [0, 0.1) is 0 Å². The van der Waals surface area contributed by atoms with E-state index in [-0.39, 0.29) is 0 Å². The van der Waals surface area contributed by atoms with Crippen LogP contribution in [0.15, 0.2) is 11.4 Å².